The van der Waals surface area contributed by atoms with E-state index in [0.29, 0.717) is 6.04 Å². The van der Waals surface area contributed by atoms with Crippen molar-refractivity contribution < 1.29 is 0 Å². The predicted molar refractivity (Wildman–Crippen MR) is 71.2 cm³/mol. The van der Waals surface area contributed by atoms with Gasteiger partial charge in [0.05, 0.1) is 10.7 Å². The molecule has 0 aromatic heterocycles. The number of rotatable bonds is 3. The lowest BCUT2D eigenvalue weighted by Crippen LogP contribution is -2.16. The summed E-state index contributed by atoms with van der Waals surface area (Å²) in [6.07, 6.45) is 5.24. The molecule has 2 unspecified atom stereocenters. The number of halogens is 1. The maximum Gasteiger partial charge on any atom is 0.0640 e. The molecule has 16 heavy (non-hydrogen) atoms. The average molecular weight is 238 g/mol. The second-order valence-electron chi connectivity index (χ2n) is 4.86. The predicted octanol–water partition coefficient (Wildman–Crippen LogP) is 4.64. The van der Waals surface area contributed by atoms with Crippen molar-refractivity contribution in [1.82, 2.24) is 0 Å². The second-order valence-corrected chi connectivity index (χ2v) is 5.27. The Morgan fingerprint density at radius 3 is 2.81 bits per heavy atom. The van der Waals surface area contributed by atoms with Crippen molar-refractivity contribution in [3.8, 4) is 0 Å². The molecule has 0 saturated heterocycles. The maximum atomic E-state index is 6.22. The molecular weight excluding hydrogens is 218 g/mol. The number of benzene rings is 1. The first-order chi connectivity index (χ1) is 7.70. The topological polar surface area (TPSA) is 12.0 Å². The highest BCUT2D eigenvalue weighted by molar-refractivity contribution is 6.33. The van der Waals surface area contributed by atoms with Gasteiger partial charge < -0.3 is 5.32 Å². The molecule has 0 amide bonds. The van der Waals surface area contributed by atoms with E-state index in [1.54, 1.807) is 0 Å². The average Bonchev–Trinajstić information content (AvgIpc) is 2.71. The van der Waals surface area contributed by atoms with E-state index in [1.165, 1.54) is 31.2 Å². The van der Waals surface area contributed by atoms with Crippen molar-refractivity contribution in [3.05, 3.63) is 28.8 Å². The molecule has 1 N–H and O–H groups in total. The summed E-state index contributed by atoms with van der Waals surface area (Å²) in [5, 5.41) is 4.46. The van der Waals surface area contributed by atoms with E-state index in [2.05, 4.69) is 25.2 Å². The van der Waals surface area contributed by atoms with Gasteiger partial charge in [-0.1, -0.05) is 37.1 Å². The summed E-state index contributed by atoms with van der Waals surface area (Å²) in [6, 6.07) is 6.69. The zero-order chi connectivity index (χ0) is 11.5. The maximum absolute atomic E-state index is 6.22. The van der Waals surface area contributed by atoms with E-state index in [-0.39, 0.29) is 0 Å². The minimum absolute atomic E-state index is 0.614. The molecule has 88 valence electrons. The van der Waals surface area contributed by atoms with Gasteiger partial charge in [0.15, 0.2) is 0 Å². The molecule has 0 spiro atoms. The van der Waals surface area contributed by atoms with Crippen molar-refractivity contribution in [2.45, 2.75) is 45.6 Å². The van der Waals surface area contributed by atoms with Crippen LogP contribution in [0.2, 0.25) is 5.02 Å². The molecule has 0 radical (unpaired) electrons. The fourth-order valence-corrected chi connectivity index (χ4v) is 2.87. The molecule has 2 atom stereocenters. The van der Waals surface area contributed by atoms with Crippen molar-refractivity contribution >= 4 is 17.3 Å². The molecule has 0 bridgehead atoms. The van der Waals surface area contributed by atoms with Crippen LogP contribution in [0.15, 0.2) is 18.2 Å². The summed E-state index contributed by atoms with van der Waals surface area (Å²) < 4.78 is 0. The fourth-order valence-electron chi connectivity index (χ4n) is 2.60. The number of hydrogen-bond acceptors (Lipinski definition) is 1. The van der Waals surface area contributed by atoms with Crippen LogP contribution >= 0.6 is 11.6 Å². The van der Waals surface area contributed by atoms with Gasteiger partial charge in [-0.25, -0.2) is 0 Å². The third kappa shape index (κ3) is 2.52. The van der Waals surface area contributed by atoms with Crippen LogP contribution in [0.5, 0.6) is 0 Å². The standard InChI is InChI=1S/C14H20ClN/c1-3-11-7-8-12(9-11)16-14-10(2)5-4-6-13(14)15/h4-6,11-12,16H,3,7-9H2,1-2H3. The van der Waals surface area contributed by atoms with Crippen molar-refractivity contribution in [2.24, 2.45) is 5.92 Å². The van der Waals surface area contributed by atoms with Gasteiger partial charge in [0.1, 0.15) is 0 Å². The SMILES string of the molecule is CCC1CCC(Nc2c(C)cccc2Cl)C1. The summed E-state index contributed by atoms with van der Waals surface area (Å²) in [5.74, 6) is 0.903. The molecule has 1 aliphatic carbocycles. The van der Waals surface area contributed by atoms with Crippen LogP contribution in [-0.2, 0) is 0 Å². The largest absolute Gasteiger partial charge is 0.381 e. The fraction of sp³-hybridized carbons (Fsp3) is 0.571. The van der Waals surface area contributed by atoms with Gasteiger partial charge in [-0.3, -0.25) is 0 Å². The first-order valence-corrected chi connectivity index (χ1v) is 6.60. The summed E-state index contributed by atoms with van der Waals surface area (Å²) in [5.41, 5.74) is 2.37. The van der Waals surface area contributed by atoms with Gasteiger partial charge in [-0.2, -0.15) is 0 Å². The van der Waals surface area contributed by atoms with Crippen LogP contribution in [0.3, 0.4) is 0 Å². The molecule has 1 aromatic rings. The minimum Gasteiger partial charge on any atom is -0.381 e. The number of para-hydroxylation sites is 1. The van der Waals surface area contributed by atoms with Crippen LogP contribution in [-0.4, -0.2) is 6.04 Å². The molecule has 1 nitrogen and oxygen atoms in total. The van der Waals surface area contributed by atoms with Gasteiger partial charge in [-0.15, -0.1) is 0 Å². The van der Waals surface area contributed by atoms with Crippen LogP contribution < -0.4 is 5.32 Å². The second kappa shape index (κ2) is 5.09. The van der Waals surface area contributed by atoms with Gasteiger partial charge >= 0.3 is 0 Å². The quantitative estimate of drug-likeness (QED) is 0.808. The lowest BCUT2D eigenvalue weighted by molar-refractivity contribution is 0.525. The third-order valence-corrected chi connectivity index (χ3v) is 4.00. The van der Waals surface area contributed by atoms with Gasteiger partial charge in [0.2, 0.25) is 0 Å². The first kappa shape index (κ1) is 11.8. The van der Waals surface area contributed by atoms with Crippen LogP contribution in [0.1, 0.15) is 38.2 Å². The van der Waals surface area contributed by atoms with Crippen molar-refractivity contribution in [1.29, 1.82) is 0 Å². The highest BCUT2D eigenvalue weighted by Gasteiger charge is 2.23. The highest BCUT2D eigenvalue weighted by atomic mass is 35.5. The molecule has 0 aliphatic heterocycles. The van der Waals surface area contributed by atoms with E-state index in [0.717, 1.165) is 16.6 Å². The van der Waals surface area contributed by atoms with Crippen LogP contribution in [0.25, 0.3) is 0 Å². The highest BCUT2D eigenvalue weighted by Crippen LogP contribution is 2.33. The van der Waals surface area contributed by atoms with E-state index in [1.807, 2.05) is 12.1 Å². The molecule has 0 heterocycles. The smallest absolute Gasteiger partial charge is 0.0640 e. The molecule has 1 saturated carbocycles. The molecule has 1 aliphatic rings. The Kier molecular flexibility index (Phi) is 3.75. The van der Waals surface area contributed by atoms with E-state index >= 15 is 0 Å². The Labute approximate surface area is 103 Å². The Bertz CT molecular complexity index is 342. The van der Waals surface area contributed by atoms with E-state index in [4.69, 9.17) is 11.6 Å². The number of nitrogens with one attached hydrogen (secondary N) is 1. The normalized spacial score (nSPS) is 24.7. The number of aryl methyl sites for hydroxylation is 1. The van der Waals surface area contributed by atoms with Crippen LogP contribution in [0, 0.1) is 12.8 Å². The Morgan fingerprint density at radius 2 is 2.19 bits per heavy atom. The molecule has 1 aromatic carbocycles. The minimum atomic E-state index is 0.614. The Morgan fingerprint density at radius 1 is 1.38 bits per heavy atom. The van der Waals surface area contributed by atoms with Gasteiger partial charge in [0.25, 0.3) is 0 Å². The van der Waals surface area contributed by atoms with Crippen molar-refractivity contribution in [2.75, 3.05) is 5.32 Å². The van der Waals surface area contributed by atoms with Gasteiger partial charge in [0, 0.05) is 6.04 Å². The Balaban J connectivity index is 2.04. The first-order valence-electron chi connectivity index (χ1n) is 6.22. The zero-order valence-corrected chi connectivity index (χ0v) is 10.8. The van der Waals surface area contributed by atoms with E-state index in [9.17, 15) is 0 Å². The summed E-state index contributed by atoms with van der Waals surface area (Å²) >= 11 is 6.22. The summed E-state index contributed by atoms with van der Waals surface area (Å²) in [7, 11) is 0. The summed E-state index contributed by atoms with van der Waals surface area (Å²) in [6.45, 7) is 4.40. The van der Waals surface area contributed by atoms with E-state index < -0.39 is 0 Å². The number of hydrogen-bond donors (Lipinski definition) is 1. The molecule has 1 fully saturated rings. The van der Waals surface area contributed by atoms with Gasteiger partial charge in [-0.05, 0) is 43.7 Å². The molecule has 2 rings (SSSR count). The molecular formula is C14H20ClN. The zero-order valence-electron chi connectivity index (χ0n) is 10.1. The van der Waals surface area contributed by atoms with Crippen molar-refractivity contribution in [3.63, 3.8) is 0 Å². The Hall–Kier alpha value is -0.690. The summed E-state index contributed by atoms with van der Waals surface area (Å²) in [4.78, 5) is 0. The lowest BCUT2D eigenvalue weighted by atomic mass is 10.1. The monoisotopic (exact) mass is 237 g/mol. The molecule has 2 heteroatoms. The van der Waals surface area contributed by atoms with Crippen LogP contribution in [0.4, 0.5) is 5.69 Å². The third-order valence-electron chi connectivity index (χ3n) is 3.69. The lowest BCUT2D eigenvalue weighted by Gasteiger charge is -2.17. The number of anilines is 1.